The molecule has 56 valence electrons. The van der Waals surface area contributed by atoms with Crippen LogP contribution in [-0.2, 0) is 0 Å². The molecular weight excluding hydrogens is 163 g/mol. The second-order valence-electron chi connectivity index (χ2n) is 2.25. The minimum Gasteiger partial charge on any atom is -0.399 e. The molecule has 1 aromatic heterocycles. The normalized spacial score (nSPS) is 10.6. The van der Waals surface area contributed by atoms with E-state index in [1.807, 2.05) is 0 Å². The number of nitrogen functional groups attached to an aromatic ring is 1. The van der Waals surface area contributed by atoms with Crippen molar-refractivity contribution in [1.29, 1.82) is 0 Å². The third-order valence-electron chi connectivity index (χ3n) is 1.43. The van der Waals surface area contributed by atoms with Crippen molar-refractivity contribution in [2.45, 2.75) is 0 Å². The number of rotatable bonds is 0. The Labute approximate surface area is 66.6 Å². The van der Waals surface area contributed by atoms with E-state index in [0.29, 0.717) is 10.4 Å². The van der Waals surface area contributed by atoms with Gasteiger partial charge in [-0.15, -0.1) is 0 Å². The van der Waals surface area contributed by atoms with E-state index in [2.05, 4.69) is 4.37 Å². The molecule has 0 unspecified atom stereocenters. The van der Waals surface area contributed by atoms with Crippen LogP contribution in [0.3, 0.4) is 0 Å². The summed E-state index contributed by atoms with van der Waals surface area (Å²) in [4.78, 5) is 0. The average Bonchev–Trinajstić information content (AvgIpc) is 2.34. The van der Waals surface area contributed by atoms with Crippen LogP contribution >= 0.6 is 11.5 Å². The molecule has 0 aliphatic heterocycles. The molecule has 1 heterocycles. The van der Waals surface area contributed by atoms with Crippen LogP contribution in [0.4, 0.5) is 10.1 Å². The van der Waals surface area contributed by atoms with E-state index >= 15 is 0 Å². The highest BCUT2D eigenvalue weighted by molar-refractivity contribution is 7.13. The fourth-order valence-corrected chi connectivity index (χ4v) is 1.60. The van der Waals surface area contributed by atoms with Gasteiger partial charge in [0.05, 0.1) is 4.70 Å². The zero-order valence-corrected chi connectivity index (χ0v) is 6.36. The Balaban J connectivity index is 2.91. The Morgan fingerprint density at radius 3 is 3.09 bits per heavy atom. The van der Waals surface area contributed by atoms with Crippen molar-refractivity contribution in [3.8, 4) is 0 Å². The average molecular weight is 168 g/mol. The lowest BCUT2D eigenvalue weighted by atomic mass is 10.2. The highest BCUT2D eigenvalue weighted by Gasteiger charge is 2.03. The van der Waals surface area contributed by atoms with Gasteiger partial charge in [0, 0.05) is 17.3 Å². The molecule has 0 aliphatic carbocycles. The number of hydrogen-bond donors (Lipinski definition) is 1. The first-order valence-corrected chi connectivity index (χ1v) is 3.84. The summed E-state index contributed by atoms with van der Waals surface area (Å²) in [5.41, 5.74) is 5.86. The van der Waals surface area contributed by atoms with Crippen molar-refractivity contribution in [3.05, 3.63) is 24.1 Å². The summed E-state index contributed by atoms with van der Waals surface area (Å²) in [5, 5.41) is 0.771. The molecule has 0 fully saturated rings. The monoisotopic (exact) mass is 168 g/mol. The number of halogens is 1. The standard InChI is InChI=1S/C7H5FN2S/c8-6-2-5(9)1-4-3-10-11-7(4)6/h1-3H,9H2. The first-order chi connectivity index (χ1) is 5.27. The summed E-state index contributed by atoms with van der Waals surface area (Å²) in [6.07, 6.45) is 1.61. The van der Waals surface area contributed by atoms with Crippen LogP contribution in [0.5, 0.6) is 0 Å². The Bertz CT molecular complexity index is 396. The van der Waals surface area contributed by atoms with Crippen molar-refractivity contribution < 1.29 is 4.39 Å². The van der Waals surface area contributed by atoms with Crippen molar-refractivity contribution in [2.75, 3.05) is 5.73 Å². The molecule has 0 atom stereocenters. The van der Waals surface area contributed by atoms with Crippen molar-refractivity contribution in [3.63, 3.8) is 0 Å². The van der Waals surface area contributed by atoms with Gasteiger partial charge in [0.2, 0.25) is 0 Å². The van der Waals surface area contributed by atoms with E-state index in [4.69, 9.17) is 5.73 Å². The number of nitrogens with zero attached hydrogens (tertiary/aromatic N) is 1. The summed E-state index contributed by atoms with van der Waals surface area (Å²) < 4.78 is 17.4. The molecule has 2 N–H and O–H groups in total. The van der Waals surface area contributed by atoms with E-state index in [0.717, 1.165) is 16.9 Å². The molecule has 2 nitrogen and oxygen atoms in total. The zero-order valence-electron chi connectivity index (χ0n) is 5.54. The van der Waals surface area contributed by atoms with E-state index < -0.39 is 0 Å². The molecule has 2 aromatic rings. The fraction of sp³-hybridized carbons (Fsp3) is 0. The lowest BCUT2D eigenvalue weighted by Gasteiger charge is -1.93. The minimum atomic E-state index is -0.289. The van der Waals surface area contributed by atoms with Crippen LogP contribution in [0.25, 0.3) is 10.1 Å². The van der Waals surface area contributed by atoms with E-state index in [9.17, 15) is 4.39 Å². The summed E-state index contributed by atoms with van der Waals surface area (Å²) >= 11 is 1.14. The van der Waals surface area contributed by atoms with E-state index in [1.54, 1.807) is 12.3 Å². The highest BCUT2D eigenvalue weighted by atomic mass is 32.1. The molecular formula is C7H5FN2S. The minimum absolute atomic E-state index is 0.289. The van der Waals surface area contributed by atoms with E-state index in [-0.39, 0.29) is 5.82 Å². The Morgan fingerprint density at radius 1 is 1.45 bits per heavy atom. The lowest BCUT2D eigenvalue weighted by Crippen LogP contribution is -1.84. The fourth-order valence-electron chi connectivity index (χ4n) is 0.965. The molecule has 11 heavy (non-hydrogen) atoms. The first-order valence-electron chi connectivity index (χ1n) is 3.07. The van der Waals surface area contributed by atoms with Gasteiger partial charge in [-0.3, -0.25) is 0 Å². The van der Waals surface area contributed by atoms with Crippen molar-refractivity contribution in [2.24, 2.45) is 0 Å². The quantitative estimate of drug-likeness (QED) is 0.611. The number of anilines is 1. The number of aromatic nitrogens is 1. The van der Waals surface area contributed by atoms with Crippen LogP contribution in [0.2, 0.25) is 0 Å². The third-order valence-corrected chi connectivity index (χ3v) is 2.25. The predicted molar refractivity (Wildman–Crippen MR) is 44.0 cm³/mol. The first kappa shape index (κ1) is 6.54. The van der Waals surface area contributed by atoms with Crippen LogP contribution in [0.1, 0.15) is 0 Å². The van der Waals surface area contributed by atoms with Gasteiger partial charge in [-0.2, -0.15) is 4.37 Å². The number of fused-ring (bicyclic) bond motifs is 1. The van der Waals surface area contributed by atoms with Crippen LogP contribution in [-0.4, -0.2) is 4.37 Å². The van der Waals surface area contributed by atoms with Gasteiger partial charge in [-0.1, -0.05) is 0 Å². The predicted octanol–water partition coefficient (Wildman–Crippen LogP) is 2.02. The molecule has 0 saturated heterocycles. The van der Waals surface area contributed by atoms with Crippen LogP contribution < -0.4 is 5.73 Å². The maximum atomic E-state index is 13.0. The summed E-state index contributed by atoms with van der Waals surface area (Å²) in [7, 11) is 0. The number of nitrogens with two attached hydrogens (primary N) is 1. The molecule has 0 spiro atoms. The van der Waals surface area contributed by atoms with Gasteiger partial charge in [0.25, 0.3) is 0 Å². The van der Waals surface area contributed by atoms with Gasteiger partial charge in [-0.05, 0) is 23.7 Å². The second kappa shape index (κ2) is 2.17. The Morgan fingerprint density at radius 2 is 2.27 bits per heavy atom. The maximum absolute atomic E-state index is 13.0. The van der Waals surface area contributed by atoms with Crippen molar-refractivity contribution in [1.82, 2.24) is 4.37 Å². The molecule has 0 aliphatic rings. The topological polar surface area (TPSA) is 38.9 Å². The van der Waals surface area contributed by atoms with Crippen molar-refractivity contribution >= 4 is 27.3 Å². The number of hydrogen-bond acceptors (Lipinski definition) is 3. The third kappa shape index (κ3) is 0.952. The Kier molecular flexibility index (Phi) is 1.29. The molecule has 2 rings (SSSR count). The largest absolute Gasteiger partial charge is 0.399 e. The zero-order chi connectivity index (χ0) is 7.84. The number of benzene rings is 1. The molecule has 0 radical (unpaired) electrons. The van der Waals surface area contributed by atoms with E-state index in [1.165, 1.54) is 6.07 Å². The molecule has 1 aromatic carbocycles. The second-order valence-corrected chi connectivity index (χ2v) is 3.05. The smallest absolute Gasteiger partial charge is 0.144 e. The Hall–Kier alpha value is -1.16. The van der Waals surface area contributed by atoms with Gasteiger partial charge in [0.1, 0.15) is 5.82 Å². The molecule has 4 heteroatoms. The maximum Gasteiger partial charge on any atom is 0.144 e. The molecule has 0 saturated carbocycles. The highest BCUT2D eigenvalue weighted by Crippen LogP contribution is 2.23. The summed E-state index contributed by atoms with van der Waals surface area (Å²) in [6, 6.07) is 3.02. The SMILES string of the molecule is Nc1cc(F)c2sncc2c1. The van der Waals surface area contributed by atoms with Gasteiger partial charge in [0.15, 0.2) is 0 Å². The summed E-state index contributed by atoms with van der Waals surface area (Å²) in [6.45, 7) is 0. The molecule has 0 amide bonds. The lowest BCUT2D eigenvalue weighted by molar-refractivity contribution is 0.642. The van der Waals surface area contributed by atoms with Crippen LogP contribution in [0.15, 0.2) is 18.3 Å². The molecule has 0 bridgehead atoms. The van der Waals surface area contributed by atoms with Gasteiger partial charge in [-0.25, -0.2) is 4.39 Å². The van der Waals surface area contributed by atoms with Gasteiger partial charge >= 0.3 is 0 Å². The van der Waals surface area contributed by atoms with Crippen LogP contribution in [0, 0.1) is 5.82 Å². The summed E-state index contributed by atoms with van der Waals surface area (Å²) in [5.74, 6) is -0.289. The van der Waals surface area contributed by atoms with Gasteiger partial charge < -0.3 is 5.73 Å².